The Morgan fingerprint density at radius 2 is 2.12 bits per heavy atom. The predicted octanol–water partition coefficient (Wildman–Crippen LogP) is 2.45. The molecule has 3 N–H and O–H groups in total. The topological polar surface area (TPSA) is 81.0 Å². The fraction of sp³-hybridized carbons (Fsp3) is 0. The lowest BCUT2D eigenvalue weighted by atomic mass is 10.3. The lowest BCUT2D eigenvalue weighted by Crippen LogP contribution is -2.07. The summed E-state index contributed by atoms with van der Waals surface area (Å²) in [6.45, 7) is 0. The van der Waals surface area contributed by atoms with Gasteiger partial charge in [-0.25, -0.2) is 4.98 Å². The number of rotatable bonds is 2. The molecule has 1 aromatic carbocycles. The highest BCUT2D eigenvalue weighted by Gasteiger charge is 2.09. The summed E-state index contributed by atoms with van der Waals surface area (Å²) in [7, 11) is 0. The molecule has 88 valence electrons. The average Bonchev–Trinajstić information content (AvgIpc) is 2.30. The number of aromatic nitrogens is 2. The van der Waals surface area contributed by atoms with E-state index in [4.69, 9.17) is 33.7 Å². The standard InChI is InChI=1S/C10H7Cl2N3O2/c11-6-3-5(1-2-7(6)13)17-10-8(12)9(16)14-4-15-10/h1-4H,13H2,(H,14,15,16). The number of hydrogen-bond acceptors (Lipinski definition) is 4. The van der Waals surface area contributed by atoms with E-state index >= 15 is 0 Å². The van der Waals surface area contributed by atoms with Gasteiger partial charge in [0.05, 0.1) is 17.0 Å². The Bertz CT molecular complexity index is 613. The Balaban J connectivity index is 2.35. The van der Waals surface area contributed by atoms with Gasteiger partial charge in [-0.1, -0.05) is 23.2 Å². The smallest absolute Gasteiger partial charge is 0.273 e. The first-order chi connectivity index (χ1) is 8.08. The van der Waals surface area contributed by atoms with Gasteiger partial charge in [0.25, 0.3) is 5.56 Å². The van der Waals surface area contributed by atoms with E-state index < -0.39 is 5.56 Å². The summed E-state index contributed by atoms with van der Waals surface area (Å²) < 4.78 is 5.32. The second-order valence-corrected chi connectivity index (χ2v) is 3.92. The first-order valence-electron chi connectivity index (χ1n) is 4.54. The van der Waals surface area contributed by atoms with E-state index in [9.17, 15) is 4.79 Å². The highest BCUT2D eigenvalue weighted by atomic mass is 35.5. The van der Waals surface area contributed by atoms with E-state index in [2.05, 4.69) is 9.97 Å². The van der Waals surface area contributed by atoms with Gasteiger partial charge in [-0.2, -0.15) is 0 Å². The molecule has 0 fully saturated rings. The zero-order chi connectivity index (χ0) is 12.4. The molecule has 0 aliphatic heterocycles. The lowest BCUT2D eigenvalue weighted by molar-refractivity contribution is 0.461. The van der Waals surface area contributed by atoms with Crippen LogP contribution in [-0.2, 0) is 0 Å². The molecule has 0 aliphatic rings. The molecule has 7 heteroatoms. The van der Waals surface area contributed by atoms with Crippen LogP contribution in [0.5, 0.6) is 11.6 Å². The average molecular weight is 272 g/mol. The zero-order valence-corrected chi connectivity index (χ0v) is 9.92. The second-order valence-electron chi connectivity index (χ2n) is 3.14. The molecule has 0 unspecified atom stereocenters. The number of ether oxygens (including phenoxy) is 1. The van der Waals surface area contributed by atoms with Crippen molar-refractivity contribution in [2.24, 2.45) is 0 Å². The molecule has 2 aromatic rings. The molecule has 0 saturated carbocycles. The van der Waals surface area contributed by atoms with E-state index in [1.807, 2.05) is 0 Å². The van der Waals surface area contributed by atoms with Gasteiger partial charge >= 0.3 is 0 Å². The first kappa shape index (κ1) is 11.8. The quantitative estimate of drug-likeness (QED) is 0.823. The van der Waals surface area contributed by atoms with Gasteiger partial charge in [0.2, 0.25) is 5.88 Å². The number of aromatic amines is 1. The maximum Gasteiger partial charge on any atom is 0.273 e. The van der Waals surface area contributed by atoms with E-state index in [1.165, 1.54) is 12.4 Å². The summed E-state index contributed by atoms with van der Waals surface area (Å²) in [5.74, 6) is 0.403. The van der Waals surface area contributed by atoms with Crippen molar-refractivity contribution in [2.45, 2.75) is 0 Å². The maximum absolute atomic E-state index is 11.2. The fourth-order valence-electron chi connectivity index (χ4n) is 1.12. The second kappa shape index (κ2) is 4.65. The van der Waals surface area contributed by atoms with Crippen molar-refractivity contribution in [3.8, 4) is 11.6 Å². The lowest BCUT2D eigenvalue weighted by Gasteiger charge is -2.06. The van der Waals surface area contributed by atoms with Crippen LogP contribution in [0.2, 0.25) is 10.0 Å². The number of nitrogens with two attached hydrogens (primary N) is 1. The summed E-state index contributed by atoms with van der Waals surface area (Å²) in [6, 6.07) is 4.69. The van der Waals surface area contributed by atoms with Crippen LogP contribution in [0.15, 0.2) is 29.3 Å². The Morgan fingerprint density at radius 1 is 1.35 bits per heavy atom. The van der Waals surface area contributed by atoms with Gasteiger partial charge in [-0.15, -0.1) is 0 Å². The molecule has 0 spiro atoms. The normalized spacial score (nSPS) is 10.2. The molecule has 1 aromatic heterocycles. The minimum absolute atomic E-state index is 0.0104. The highest BCUT2D eigenvalue weighted by Crippen LogP contribution is 2.28. The largest absolute Gasteiger partial charge is 0.437 e. The van der Waals surface area contributed by atoms with Gasteiger partial charge in [0.15, 0.2) is 5.02 Å². The van der Waals surface area contributed by atoms with Gasteiger partial charge in [0.1, 0.15) is 5.75 Å². The predicted molar refractivity (Wildman–Crippen MR) is 65.8 cm³/mol. The highest BCUT2D eigenvalue weighted by molar-refractivity contribution is 6.33. The van der Waals surface area contributed by atoms with Gasteiger partial charge in [-0.05, 0) is 12.1 Å². The first-order valence-corrected chi connectivity index (χ1v) is 5.29. The summed E-state index contributed by atoms with van der Waals surface area (Å²) in [6.07, 6.45) is 1.20. The summed E-state index contributed by atoms with van der Waals surface area (Å²) in [4.78, 5) is 17.3. The Morgan fingerprint density at radius 3 is 2.82 bits per heavy atom. The Kier molecular flexibility index (Phi) is 3.21. The van der Waals surface area contributed by atoms with Gasteiger partial charge in [-0.3, -0.25) is 4.79 Å². The number of nitrogens with zero attached hydrogens (tertiary/aromatic N) is 1. The molecule has 1 heterocycles. The summed E-state index contributed by atoms with van der Waals surface area (Å²) in [5, 5.41) is 0.226. The van der Waals surface area contributed by atoms with Crippen molar-refractivity contribution in [2.75, 3.05) is 5.73 Å². The van der Waals surface area contributed by atoms with Crippen LogP contribution in [0, 0.1) is 0 Å². The number of hydrogen-bond donors (Lipinski definition) is 2. The molecule has 2 rings (SSSR count). The minimum atomic E-state index is -0.474. The number of anilines is 1. The fourth-order valence-corrected chi connectivity index (χ4v) is 1.43. The van der Waals surface area contributed by atoms with Crippen LogP contribution in [0.3, 0.4) is 0 Å². The van der Waals surface area contributed by atoms with E-state index in [0.717, 1.165) is 0 Å². The molecular formula is C10H7Cl2N3O2. The number of halogens is 2. The third kappa shape index (κ3) is 2.51. The number of H-pyrrole nitrogens is 1. The SMILES string of the molecule is Nc1ccc(Oc2nc[nH]c(=O)c2Cl)cc1Cl. The van der Waals surface area contributed by atoms with Crippen LogP contribution in [-0.4, -0.2) is 9.97 Å². The van der Waals surface area contributed by atoms with Crippen molar-refractivity contribution in [1.29, 1.82) is 0 Å². The number of benzene rings is 1. The van der Waals surface area contributed by atoms with Crippen LogP contribution in [0.25, 0.3) is 0 Å². The van der Waals surface area contributed by atoms with E-state index in [0.29, 0.717) is 16.5 Å². The molecule has 0 amide bonds. The monoisotopic (exact) mass is 271 g/mol. The van der Waals surface area contributed by atoms with E-state index in [1.54, 1.807) is 12.1 Å². The van der Waals surface area contributed by atoms with Crippen LogP contribution < -0.4 is 16.0 Å². The van der Waals surface area contributed by atoms with Gasteiger partial charge < -0.3 is 15.5 Å². The third-order valence-corrected chi connectivity index (χ3v) is 2.61. The zero-order valence-electron chi connectivity index (χ0n) is 8.41. The maximum atomic E-state index is 11.2. The Labute approximate surface area is 106 Å². The van der Waals surface area contributed by atoms with E-state index in [-0.39, 0.29) is 10.9 Å². The number of nitrogens with one attached hydrogen (secondary N) is 1. The third-order valence-electron chi connectivity index (χ3n) is 1.95. The van der Waals surface area contributed by atoms with Crippen LogP contribution in [0.4, 0.5) is 5.69 Å². The molecular weight excluding hydrogens is 265 g/mol. The van der Waals surface area contributed by atoms with Crippen molar-refractivity contribution in [1.82, 2.24) is 9.97 Å². The molecule has 0 aliphatic carbocycles. The summed E-state index contributed by atoms with van der Waals surface area (Å²) in [5.41, 5.74) is 5.51. The Hall–Kier alpha value is -1.72. The molecule has 5 nitrogen and oxygen atoms in total. The van der Waals surface area contributed by atoms with Crippen molar-refractivity contribution < 1.29 is 4.74 Å². The van der Waals surface area contributed by atoms with Crippen LogP contribution in [0.1, 0.15) is 0 Å². The molecule has 0 radical (unpaired) electrons. The van der Waals surface area contributed by atoms with Crippen molar-refractivity contribution in [3.63, 3.8) is 0 Å². The van der Waals surface area contributed by atoms with Gasteiger partial charge in [0, 0.05) is 6.07 Å². The number of nitrogen functional groups attached to an aromatic ring is 1. The van der Waals surface area contributed by atoms with Crippen LogP contribution >= 0.6 is 23.2 Å². The molecule has 0 bridgehead atoms. The van der Waals surface area contributed by atoms with Crippen molar-refractivity contribution in [3.05, 3.63) is 44.9 Å². The molecule has 0 saturated heterocycles. The summed E-state index contributed by atoms with van der Waals surface area (Å²) >= 11 is 11.6. The van der Waals surface area contributed by atoms with Crippen molar-refractivity contribution >= 4 is 28.9 Å². The molecule has 0 atom stereocenters. The minimum Gasteiger partial charge on any atom is -0.437 e. The molecule has 17 heavy (non-hydrogen) atoms.